The molecule has 0 saturated carbocycles. The maximum Gasteiger partial charge on any atom is 0.328 e. The van der Waals surface area contributed by atoms with Crippen molar-refractivity contribution in [1.82, 2.24) is 24.8 Å². The van der Waals surface area contributed by atoms with Gasteiger partial charge in [0.05, 0.1) is 6.33 Å². The Labute approximate surface area is 129 Å². The summed E-state index contributed by atoms with van der Waals surface area (Å²) in [5, 5.41) is 11.5. The molecule has 2 aromatic rings. The van der Waals surface area contributed by atoms with Gasteiger partial charge in [-0.3, -0.25) is 14.6 Å². The zero-order valence-corrected chi connectivity index (χ0v) is 12.0. The minimum absolute atomic E-state index is 0.0256. The van der Waals surface area contributed by atoms with E-state index in [0.29, 0.717) is 5.69 Å². The minimum Gasteiger partial charge on any atom is -0.480 e. The molecule has 0 aliphatic heterocycles. The first-order chi connectivity index (χ1) is 11.0. The lowest BCUT2D eigenvalue weighted by Gasteiger charge is -2.13. The lowest BCUT2D eigenvalue weighted by atomic mass is 10.1. The Morgan fingerprint density at radius 3 is 2.78 bits per heavy atom. The van der Waals surface area contributed by atoms with Crippen LogP contribution in [0.15, 0.2) is 34.4 Å². The predicted molar refractivity (Wildman–Crippen MR) is 77.8 cm³/mol. The molecule has 0 saturated heterocycles. The van der Waals surface area contributed by atoms with Crippen molar-refractivity contribution in [3.63, 3.8) is 0 Å². The van der Waals surface area contributed by atoms with Crippen LogP contribution in [-0.2, 0) is 22.6 Å². The van der Waals surface area contributed by atoms with Gasteiger partial charge in [0.1, 0.15) is 6.04 Å². The largest absolute Gasteiger partial charge is 0.480 e. The Morgan fingerprint density at radius 1 is 1.39 bits per heavy atom. The van der Waals surface area contributed by atoms with E-state index in [9.17, 15) is 19.2 Å². The van der Waals surface area contributed by atoms with Gasteiger partial charge in [0.2, 0.25) is 5.91 Å². The molecule has 0 bridgehead atoms. The van der Waals surface area contributed by atoms with E-state index < -0.39 is 29.2 Å². The molecule has 2 heterocycles. The van der Waals surface area contributed by atoms with Crippen molar-refractivity contribution in [3.05, 3.63) is 51.3 Å². The molecule has 1 unspecified atom stereocenters. The number of hydrogen-bond donors (Lipinski definition) is 4. The summed E-state index contributed by atoms with van der Waals surface area (Å²) in [6.45, 7) is 0.0256. The number of aromatic nitrogens is 4. The summed E-state index contributed by atoms with van der Waals surface area (Å²) in [6, 6.07) is 0.0627. The Kier molecular flexibility index (Phi) is 5.07. The molecule has 0 spiro atoms. The van der Waals surface area contributed by atoms with E-state index in [1.165, 1.54) is 18.7 Å². The Balaban J connectivity index is 1.92. The summed E-state index contributed by atoms with van der Waals surface area (Å²) in [7, 11) is 0. The summed E-state index contributed by atoms with van der Waals surface area (Å²) in [5.74, 6) is -1.69. The van der Waals surface area contributed by atoms with Crippen LogP contribution in [0.3, 0.4) is 0 Å². The number of H-pyrrole nitrogens is 2. The second-order valence-electron chi connectivity index (χ2n) is 4.79. The van der Waals surface area contributed by atoms with Gasteiger partial charge in [-0.15, -0.1) is 0 Å². The summed E-state index contributed by atoms with van der Waals surface area (Å²) >= 11 is 0. The van der Waals surface area contributed by atoms with Gasteiger partial charge < -0.3 is 20.0 Å². The van der Waals surface area contributed by atoms with Gasteiger partial charge in [-0.1, -0.05) is 0 Å². The molecule has 0 aliphatic carbocycles. The molecule has 0 fully saturated rings. The fourth-order valence-corrected chi connectivity index (χ4v) is 1.93. The number of amides is 1. The van der Waals surface area contributed by atoms with Gasteiger partial charge in [-0.25, -0.2) is 14.6 Å². The first-order valence-electron chi connectivity index (χ1n) is 6.75. The van der Waals surface area contributed by atoms with Gasteiger partial charge in [-0.05, 0) is 0 Å². The van der Waals surface area contributed by atoms with Crippen molar-refractivity contribution >= 4 is 11.9 Å². The van der Waals surface area contributed by atoms with Crippen LogP contribution in [0, 0.1) is 0 Å². The number of carboxylic acid groups (broad SMARTS) is 1. The zero-order chi connectivity index (χ0) is 16.8. The molecular formula is C13H15N5O5. The van der Waals surface area contributed by atoms with Crippen molar-refractivity contribution < 1.29 is 14.7 Å². The molecule has 10 heteroatoms. The number of imidazole rings is 1. The van der Waals surface area contributed by atoms with Crippen LogP contribution in [0.5, 0.6) is 0 Å². The van der Waals surface area contributed by atoms with Crippen molar-refractivity contribution in [3.8, 4) is 0 Å². The molecule has 1 amide bonds. The monoisotopic (exact) mass is 321 g/mol. The Hall–Kier alpha value is -3.17. The first-order valence-corrected chi connectivity index (χ1v) is 6.75. The van der Waals surface area contributed by atoms with Crippen molar-refractivity contribution in [1.29, 1.82) is 0 Å². The van der Waals surface area contributed by atoms with Crippen molar-refractivity contribution in [2.45, 2.75) is 25.4 Å². The molecule has 0 aromatic carbocycles. The second kappa shape index (κ2) is 7.20. The number of carbonyl (C=O) groups excluding carboxylic acids is 1. The number of aromatic amines is 2. The number of aliphatic carboxylic acids is 1. The van der Waals surface area contributed by atoms with Gasteiger partial charge in [0, 0.05) is 43.5 Å². The maximum absolute atomic E-state index is 11.9. The number of hydrogen-bond acceptors (Lipinski definition) is 5. The third-order valence-corrected chi connectivity index (χ3v) is 3.09. The highest BCUT2D eigenvalue weighted by molar-refractivity contribution is 5.83. The highest BCUT2D eigenvalue weighted by Crippen LogP contribution is 1.99. The van der Waals surface area contributed by atoms with Crippen LogP contribution in [0.25, 0.3) is 0 Å². The minimum atomic E-state index is -1.17. The van der Waals surface area contributed by atoms with E-state index in [1.807, 2.05) is 0 Å². The van der Waals surface area contributed by atoms with Gasteiger partial charge >= 0.3 is 11.7 Å². The Bertz CT molecular complexity index is 792. The topological polar surface area (TPSA) is 150 Å². The van der Waals surface area contributed by atoms with Crippen LogP contribution < -0.4 is 16.6 Å². The highest BCUT2D eigenvalue weighted by Gasteiger charge is 2.20. The van der Waals surface area contributed by atoms with Crippen LogP contribution in [0.1, 0.15) is 12.1 Å². The molecular weight excluding hydrogens is 306 g/mol. The SMILES string of the molecule is O=C(CCn1ccc(=O)[nH]c1=O)NC(Cc1cnc[nH]1)C(=O)O. The zero-order valence-electron chi connectivity index (χ0n) is 12.0. The van der Waals surface area contributed by atoms with Crippen LogP contribution in [0.2, 0.25) is 0 Å². The van der Waals surface area contributed by atoms with Crippen LogP contribution in [-0.4, -0.2) is 42.5 Å². The van der Waals surface area contributed by atoms with E-state index in [0.717, 1.165) is 10.6 Å². The number of nitrogens with one attached hydrogen (secondary N) is 3. The fourth-order valence-electron chi connectivity index (χ4n) is 1.93. The molecule has 2 aromatic heterocycles. The highest BCUT2D eigenvalue weighted by atomic mass is 16.4. The van der Waals surface area contributed by atoms with Gasteiger partial charge in [0.25, 0.3) is 5.56 Å². The molecule has 0 radical (unpaired) electrons. The molecule has 0 aliphatic rings. The quantitative estimate of drug-likeness (QED) is 0.485. The van der Waals surface area contributed by atoms with E-state index in [-0.39, 0.29) is 19.4 Å². The maximum atomic E-state index is 11.9. The molecule has 2 rings (SSSR count). The number of carbonyl (C=O) groups is 2. The molecule has 23 heavy (non-hydrogen) atoms. The van der Waals surface area contributed by atoms with E-state index in [4.69, 9.17) is 5.11 Å². The average molecular weight is 321 g/mol. The third kappa shape index (κ3) is 4.66. The second-order valence-corrected chi connectivity index (χ2v) is 4.79. The normalized spacial score (nSPS) is 11.8. The van der Waals surface area contributed by atoms with E-state index >= 15 is 0 Å². The summed E-state index contributed by atoms with van der Waals surface area (Å²) in [6.07, 6.45) is 4.13. The molecule has 10 nitrogen and oxygen atoms in total. The number of rotatable bonds is 7. The Morgan fingerprint density at radius 2 is 2.17 bits per heavy atom. The standard InChI is InChI=1S/C13H15N5O5/c19-10(1-3-18-4-2-11(20)17-13(18)23)16-9(12(21)22)5-8-6-14-7-15-8/h2,4,6-7,9H,1,3,5H2,(H,14,15)(H,16,19)(H,21,22)(H,17,20,23). The predicted octanol–water partition coefficient (Wildman–Crippen LogP) is -1.54. The molecule has 1 atom stereocenters. The lowest BCUT2D eigenvalue weighted by molar-refractivity contribution is -0.141. The lowest BCUT2D eigenvalue weighted by Crippen LogP contribution is -2.43. The number of aryl methyl sites for hydroxylation is 1. The average Bonchev–Trinajstić information content (AvgIpc) is 2.98. The summed E-state index contributed by atoms with van der Waals surface area (Å²) < 4.78 is 1.16. The summed E-state index contributed by atoms with van der Waals surface area (Å²) in [4.78, 5) is 54.0. The smallest absolute Gasteiger partial charge is 0.328 e. The van der Waals surface area contributed by atoms with Crippen molar-refractivity contribution in [2.75, 3.05) is 0 Å². The molecule has 122 valence electrons. The van der Waals surface area contributed by atoms with E-state index in [1.54, 1.807) is 0 Å². The fraction of sp³-hybridized carbons (Fsp3) is 0.308. The number of nitrogens with zero attached hydrogens (tertiary/aromatic N) is 2. The van der Waals surface area contributed by atoms with Gasteiger partial charge in [0.15, 0.2) is 0 Å². The van der Waals surface area contributed by atoms with Crippen LogP contribution in [0.4, 0.5) is 0 Å². The van der Waals surface area contributed by atoms with Crippen LogP contribution >= 0.6 is 0 Å². The van der Waals surface area contributed by atoms with Crippen molar-refractivity contribution in [2.24, 2.45) is 0 Å². The third-order valence-electron chi connectivity index (χ3n) is 3.09. The van der Waals surface area contributed by atoms with E-state index in [2.05, 4.69) is 20.3 Å². The number of carboxylic acids is 1. The van der Waals surface area contributed by atoms with Gasteiger partial charge in [-0.2, -0.15) is 0 Å². The summed E-state index contributed by atoms with van der Waals surface area (Å²) in [5.41, 5.74) is -0.576. The molecule has 4 N–H and O–H groups in total. The first kappa shape index (κ1) is 16.2.